The zero-order valence-corrected chi connectivity index (χ0v) is 15.6. The molecular weight excluding hydrogens is 338 g/mol. The number of para-hydroxylation sites is 2. The molecule has 1 aromatic heterocycles. The minimum absolute atomic E-state index is 0.130. The normalized spacial score (nSPS) is 19.9. The van der Waals surface area contributed by atoms with E-state index in [0.717, 1.165) is 29.7 Å². The van der Waals surface area contributed by atoms with Crippen molar-refractivity contribution < 1.29 is 9.53 Å². The highest BCUT2D eigenvalue weighted by Gasteiger charge is 2.25. The summed E-state index contributed by atoms with van der Waals surface area (Å²) in [6, 6.07) is 17.5. The van der Waals surface area contributed by atoms with E-state index in [2.05, 4.69) is 29.0 Å². The van der Waals surface area contributed by atoms with Gasteiger partial charge in [0, 0.05) is 24.2 Å². The van der Waals surface area contributed by atoms with Gasteiger partial charge in [-0.25, -0.2) is 0 Å². The third-order valence-corrected chi connectivity index (χ3v) is 4.76. The number of amides is 1. The Morgan fingerprint density at radius 2 is 1.78 bits per heavy atom. The van der Waals surface area contributed by atoms with Gasteiger partial charge < -0.3 is 15.0 Å². The highest BCUT2D eigenvalue weighted by atomic mass is 16.5. The SMILES string of the molecule is CC1CN(c2ccccc2C(=O)Nc2cnc3ccccc3c2)CC(C)O1. The smallest absolute Gasteiger partial charge is 0.257 e. The van der Waals surface area contributed by atoms with Gasteiger partial charge in [0.25, 0.3) is 5.91 Å². The predicted octanol–water partition coefficient (Wildman–Crippen LogP) is 4.10. The topological polar surface area (TPSA) is 54.5 Å². The molecule has 27 heavy (non-hydrogen) atoms. The van der Waals surface area contributed by atoms with Crippen molar-refractivity contribution in [3.8, 4) is 0 Å². The fourth-order valence-corrected chi connectivity index (χ4v) is 3.65. The van der Waals surface area contributed by atoms with Crippen molar-refractivity contribution in [3.63, 3.8) is 0 Å². The summed E-state index contributed by atoms with van der Waals surface area (Å²) in [4.78, 5) is 19.6. The number of benzene rings is 2. The Balaban J connectivity index is 1.60. The lowest BCUT2D eigenvalue weighted by Crippen LogP contribution is -2.46. The second-order valence-corrected chi connectivity index (χ2v) is 7.05. The first-order valence-corrected chi connectivity index (χ1v) is 9.26. The standard InChI is InChI=1S/C22H23N3O2/c1-15-13-25(14-16(2)27-15)21-10-6-4-8-19(21)22(26)24-18-11-17-7-3-5-9-20(17)23-12-18/h3-12,15-16H,13-14H2,1-2H3,(H,24,26). The Hall–Kier alpha value is -2.92. The molecule has 2 unspecified atom stereocenters. The van der Waals surface area contributed by atoms with Crippen molar-refractivity contribution in [1.29, 1.82) is 0 Å². The number of rotatable bonds is 3. The lowest BCUT2D eigenvalue weighted by molar-refractivity contribution is -0.00526. The fourth-order valence-electron chi connectivity index (χ4n) is 3.65. The van der Waals surface area contributed by atoms with Gasteiger partial charge >= 0.3 is 0 Å². The van der Waals surface area contributed by atoms with Gasteiger partial charge in [-0.3, -0.25) is 9.78 Å². The maximum Gasteiger partial charge on any atom is 0.257 e. The number of anilines is 2. The molecule has 0 spiro atoms. The van der Waals surface area contributed by atoms with E-state index in [1.165, 1.54) is 0 Å². The number of fused-ring (bicyclic) bond motifs is 1. The van der Waals surface area contributed by atoms with Crippen LogP contribution in [0.15, 0.2) is 60.8 Å². The summed E-state index contributed by atoms with van der Waals surface area (Å²) in [5, 5.41) is 3.99. The van der Waals surface area contributed by atoms with Gasteiger partial charge in [0.1, 0.15) is 0 Å². The molecule has 0 radical (unpaired) electrons. The molecule has 3 aromatic rings. The van der Waals surface area contributed by atoms with Crippen LogP contribution in [0.1, 0.15) is 24.2 Å². The van der Waals surface area contributed by atoms with E-state index in [0.29, 0.717) is 11.3 Å². The molecule has 2 heterocycles. The first-order valence-electron chi connectivity index (χ1n) is 9.26. The Bertz CT molecular complexity index is 962. The molecule has 1 aliphatic rings. The number of nitrogens with zero attached hydrogens (tertiary/aromatic N) is 2. The van der Waals surface area contributed by atoms with Crippen LogP contribution < -0.4 is 10.2 Å². The molecule has 5 nitrogen and oxygen atoms in total. The molecule has 0 aliphatic carbocycles. The van der Waals surface area contributed by atoms with E-state index in [9.17, 15) is 4.79 Å². The maximum atomic E-state index is 13.0. The summed E-state index contributed by atoms with van der Waals surface area (Å²) in [7, 11) is 0. The van der Waals surface area contributed by atoms with Crippen LogP contribution in [0.2, 0.25) is 0 Å². The number of hydrogen-bond donors (Lipinski definition) is 1. The van der Waals surface area contributed by atoms with Gasteiger partial charge in [-0.1, -0.05) is 30.3 Å². The molecule has 1 N–H and O–H groups in total. The maximum absolute atomic E-state index is 13.0. The summed E-state index contributed by atoms with van der Waals surface area (Å²) in [5.41, 5.74) is 3.20. The minimum Gasteiger partial charge on any atom is -0.372 e. The Morgan fingerprint density at radius 1 is 1.07 bits per heavy atom. The Kier molecular flexibility index (Phi) is 4.77. The van der Waals surface area contributed by atoms with Crippen molar-refractivity contribution >= 4 is 28.2 Å². The molecule has 0 bridgehead atoms. The lowest BCUT2D eigenvalue weighted by Gasteiger charge is -2.37. The van der Waals surface area contributed by atoms with Crippen LogP contribution in [0.25, 0.3) is 10.9 Å². The molecule has 1 fully saturated rings. The fraction of sp³-hybridized carbons (Fsp3) is 0.273. The van der Waals surface area contributed by atoms with Crippen LogP contribution in [0.4, 0.5) is 11.4 Å². The summed E-state index contributed by atoms with van der Waals surface area (Å²) in [6.07, 6.45) is 1.96. The minimum atomic E-state index is -0.130. The second-order valence-electron chi connectivity index (χ2n) is 7.05. The van der Waals surface area contributed by atoms with Gasteiger partial charge in [0.15, 0.2) is 0 Å². The summed E-state index contributed by atoms with van der Waals surface area (Å²) in [6.45, 7) is 5.66. The second kappa shape index (κ2) is 7.37. The summed E-state index contributed by atoms with van der Waals surface area (Å²) < 4.78 is 5.82. The predicted molar refractivity (Wildman–Crippen MR) is 108 cm³/mol. The summed E-state index contributed by atoms with van der Waals surface area (Å²) in [5.74, 6) is -0.130. The number of hydrogen-bond acceptors (Lipinski definition) is 4. The molecule has 138 valence electrons. The number of carbonyl (C=O) groups excluding carboxylic acids is 1. The average molecular weight is 361 g/mol. The molecule has 2 aromatic carbocycles. The average Bonchev–Trinajstić information content (AvgIpc) is 2.67. The Morgan fingerprint density at radius 3 is 2.59 bits per heavy atom. The number of nitrogens with one attached hydrogen (secondary N) is 1. The first kappa shape index (κ1) is 17.5. The van der Waals surface area contributed by atoms with Crippen LogP contribution in [0.3, 0.4) is 0 Å². The van der Waals surface area contributed by atoms with Gasteiger partial charge in [0.05, 0.1) is 35.2 Å². The van der Waals surface area contributed by atoms with Gasteiger partial charge in [-0.05, 0) is 38.1 Å². The van der Waals surface area contributed by atoms with Crippen LogP contribution in [0, 0.1) is 0 Å². The molecule has 1 saturated heterocycles. The lowest BCUT2D eigenvalue weighted by atomic mass is 10.1. The van der Waals surface area contributed by atoms with Crippen molar-refractivity contribution in [2.45, 2.75) is 26.1 Å². The quantitative estimate of drug-likeness (QED) is 0.763. The van der Waals surface area contributed by atoms with E-state index in [1.807, 2.05) is 54.6 Å². The van der Waals surface area contributed by atoms with E-state index in [1.54, 1.807) is 6.20 Å². The van der Waals surface area contributed by atoms with Crippen LogP contribution in [-0.2, 0) is 4.74 Å². The zero-order valence-electron chi connectivity index (χ0n) is 15.6. The van der Waals surface area contributed by atoms with E-state index < -0.39 is 0 Å². The van der Waals surface area contributed by atoms with Crippen LogP contribution >= 0.6 is 0 Å². The van der Waals surface area contributed by atoms with Gasteiger partial charge in [0.2, 0.25) is 0 Å². The monoisotopic (exact) mass is 361 g/mol. The molecule has 5 heteroatoms. The van der Waals surface area contributed by atoms with Crippen molar-refractivity contribution in [1.82, 2.24) is 4.98 Å². The molecule has 0 saturated carbocycles. The van der Waals surface area contributed by atoms with E-state index >= 15 is 0 Å². The number of ether oxygens (including phenoxy) is 1. The molecule has 4 rings (SSSR count). The highest BCUT2D eigenvalue weighted by molar-refractivity contribution is 6.08. The zero-order chi connectivity index (χ0) is 18.8. The third-order valence-electron chi connectivity index (χ3n) is 4.76. The third kappa shape index (κ3) is 3.78. The number of carbonyl (C=O) groups is 1. The highest BCUT2D eigenvalue weighted by Crippen LogP contribution is 2.26. The van der Waals surface area contributed by atoms with Crippen molar-refractivity contribution in [2.75, 3.05) is 23.3 Å². The largest absolute Gasteiger partial charge is 0.372 e. The van der Waals surface area contributed by atoms with Gasteiger partial charge in [-0.15, -0.1) is 0 Å². The van der Waals surface area contributed by atoms with E-state index in [-0.39, 0.29) is 18.1 Å². The molecular formula is C22H23N3O2. The van der Waals surface area contributed by atoms with Crippen molar-refractivity contribution in [2.24, 2.45) is 0 Å². The number of morpholine rings is 1. The molecule has 1 aliphatic heterocycles. The summed E-state index contributed by atoms with van der Waals surface area (Å²) >= 11 is 0. The van der Waals surface area contributed by atoms with Crippen molar-refractivity contribution in [3.05, 3.63) is 66.4 Å². The first-order chi connectivity index (χ1) is 13.1. The molecule has 2 atom stereocenters. The van der Waals surface area contributed by atoms with E-state index in [4.69, 9.17) is 4.74 Å². The van der Waals surface area contributed by atoms with Crippen LogP contribution in [-0.4, -0.2) is 36.2 Å². The Labute approximate surface area is 159 Å². The van der Waals surface area contributed by atoms with Gasteiger partial charge in [-0.2, -0.15) is 0 Å². The number of pyridine rings is 1. The number of aromatic nitrogens is 1. The molecule has 1 amide bonds. The van der Waals surface area contributed by atoms with Crippen LogP contribution in [0.5, 0.6) is 0 Å².